The molecule has 0 amide bonds. The average Bonchev–Trinajstić information content (AvgIpc) is 3.14. The van der Waals surface area contributed by atoms with Crippen molar-refractivity contribution in [2.24, 2.45) is 0 Å². The minimum Gasteiger partial charge on any atom is -0.268 e. The molecule has 0 aliphatic carbocycles. The average molecular weight is 380 g/mol. The predicted molar refractivity (Wildman–Crippen MR) is 100 cm³/mol. The molecule has 0 atom stereocenters. The second-order valence-corrected chi connectivity index (χ2v) is 6.32. The van der Waals surface area contributed by atoms with Crippen molar-refractivity contribution >= 4 is 11.8 Å². The van der Waals surface area contributed by atoms with Gasteiger partial charge in [0.15, 0.2) is 11.0 Å². The van der Waals surface area contributed by atoms with E-state index in [1.165, 1.54) is 30.0 Å². The SMILES string of the molecule is CSc1nccc(-c2cn(-c3ccc(=O)[nH]n3)nc2-c2ccc(F)cc2)n1. The maximum absolute atomic E-state index is 13.3. The molecule has 0 unspecified atom stereocenters. The molecule has 0 saturated carbocycles. The standard InChI is InChI=1S/C18H13FN6OS/c1-27-18-20-9-8-14(21-18)13-10-25(15-6-7-16(26)23-22-15)24-17(13)11-2-4-12(19)5-3-11/h2-10H,1H3,(H,23,26). The largest absolute Gasteiger partial charge is 0.268 e. The van der Waals surface area contributed by atoms with Crippen LogP contribution in [0.25, 0.3) is 28.3 Å². The van der Waals surface area contributed by atoms with Gasteiger partial charge in [0.05, 0.1) is 5.69 Å². The van der Waals surface area contributed by atoms with Gasteiger partial charge in [0.25, 0.3) is 5.56 Å². The van der Waals surface area contributed by atoms with Crippen molar-refractivity contribution in [1.29, 1.82) is 0 Å². The molecule has 3 aromatic heterocycles. The van der Waals surface area contributed by atoms with E-state index in [-0.39, 0.29) is 11.4 Å². The lowest BCUT2D eigenvalue weighted by molar-refractivity contribution is 0.628. The number of hydrogen-bond donors (Lipinski definition) is 1. The van der Waals surface area contributed by atoms with Crippen LogP contribution >= 0.6 is 11.8 Å². The van der Waals surface area contributed by atoms with Crippen LogP contribution in [0.1, 0.15) is 0 Å². The number of aromatic amines is 1. The highest BCUT2D eigenvalue weighted by Crippen LogP contribution is 2.31. The van der Waals surface area contributed by atoms with Crippen molar-refractivity contribution in [3.8, 4) is 28.3 Å². The monoisotopic (exact) mass is 380 g/mol. The molecule has 27 heavy (non-hydrogen) atoms. The van der Waals surface area contributed by atoms with Gasteiger partial charge in [-0.05, 0) is 42.7 Å². The Balaban J connectivity index is 1.90. The van der Waals surface area contributed by atoms with E-state index < -0.39 is 0 Å². The summed E-state index contributed by atoms with van der Waals surface area (Å²) in [6.07, 6.45) is 5.34. The lowest BCUT2D eigenvalue weighted by Crippen LogP contribution is -2.09. The van der Waals surface area contributed by atoms with E-state index in [9.17, 15) is 9.18 Å². The molecule has 3 heterocycles. The second-order valence-electron chi connectivity index (χ2n) is 5.55. The molecule has 1 aromatic carbocycles. The summed E-state index contributed by atoms with van der Waals surface area (Å²) < 4.78 is 14.9. The molecule has 7 nitrogen and oxygen atoms in total. The summed E-state index contributed by atoms with van der Waals surface area (Å²) in [7, 11) is 0. The molecule has 1 N–H and O–H groups in total. The maximum atomic E-state index is 13.3. The topological polar surface area (TPSA) is 89.4 Å². The highest BCUT2D eigenvalue weighted by Gasteiger charge is 2.16. The van der Waals surface area contributed by atoms with Crippen molar-refractivity contribution in [2.45, 2.75) is 5.16 Å². The first-order valence-electron chi connectivity index (χ1n) is 7.93. The quantitative estimate of drug-likeness (QED) is 0.432. The zero-order valence-corrected chi connectivity index (χ0v) is 14.9. The van der Waals surface area contributed by atoms with Gasteiger partial charge in [-0.15, -0.1) is 0 Å². The number of aromatic nitrogens is 6. The summed E-state index contributed by atoms with van der Waals surface area (Å²) in [5.41, 5.74) is 2.48. The maximum Gasteiger partial charge on any atom is 0.264 e. The Morgan fingerprint density at radius 1 is 1.11 bits per heavy atom. The van der Waals surface area contributed by atoms with Gasteiger partial charge in [-0.3, -0.25) is 4.79 Å². The number of nitrogens with one attached hydrogen (secondary N) is 1. The van der Waals surface area contributed by atoms with E-state index in [0.717, 1.165) is 11.1 Å². The van der Waals surface area contributed by atoms with Crippen LogP contribution in [0.2, 0.25) is 0 Å². The predicted octanol–water partition coefficient (Wildman–Crippen LogP) is 2.94. The summed E-state index contributed by atoms with van der Waals surface area (Å²) >= 11 is 1.43. The summed E-state index contributed by atoms with van der Waals surface area (Å²) in [5, 5.41) is 11.6. The van der Waals surface area contributed by atoms with E-state index in [0.29, 0.717) is 22.4 Å². The van der Waals surface area contributed by atoms with Crippen LogP contribution in [0.15, 0.2) is 64.8 Å². The molecule has 0 radical (unpaired) electrons. The second kappa shape index (κ2) is 7.12. The molecule has 4 rings (SSSR count). The summed E-state index contributed by atoms with van der Waals surface area (Å²) in [6, 6.07) is 10.8. The lowest BCUT2D eigenvalue weighted by atomic mass is 10.1. The Labute approximate surface area is 157 Å². The highest BCUT2D eigenvalue weighted by molar-refractivity contribution is 7.98. The Hall–Kier alpha value is -3.33. The zero-order valence-electron chi connectivity index (χ0n) is 14.1. The third-order valence-corrected chi connectivity index (χ3v) is 4.38. The van der Waals surface area contributed by atoms with Crippen LogP contribution in [0.4, 0.5) is 4.39 Å². The van der Waals surface area contributed by atoms with E-state index in [1.54, 1.807) is 41.3 Å². The molecule has 9 heteroatoms. The summed E-state index contributed by atoms with van der Waals surface area (Å²) in [5.74, 6) is 0.122. The number of hydrogen-bond acceptors (Lipinski definition) is 6. The van der Waals surface area contributed by atoms with Crippen molar-refractivity contribution in [3.05, 3.63) is 71.0 Å². The molecule has 134 valence electrons. The van der Waals surface area contributed by atoms with Crippen molar-refractivity contribution < 1.29 is 4.39 Å². The molecule has 0 fully saturated rings. The van der Waals surface area contributed by atoms with Crippen LogP contribution in [0.5, 0.6) is 0 Å². The van der Waals surface area contributed by atoms with E-state index >= 15 is 0 Å². The Morgan fingerprint density at radius 2 is 1.93 bits per heavy atom. The summed E-state index contributed by atoms with van der Waals surface area (Å²) in [4.78, 5) is 20.0. The molecule has 0 saturated heterocycles. The smallest absolute Gasteiger partial charge is 0.264 e. The van der Waals surface area contributed by atoms with Gasteiger partial charge >= 0.3 is 0 Å². The molecular weight excluding hydrogens is 367 g/mol. The minimum absolute atomic E-state index is 0.301. The van der Waals surface area contributed by atoms with Crippen LogP contribution in [0.3, 0.4) is 0 Å². The van der Waals surface area contributed by atoms with Crippen LogP contribution in [-0.2, 0) is 0 Å². The Kier molecular flexibility index (Phi) is 4.51. The zero-order chi connectivity index (χ0) is 18.8. The number of rotatable bonds is 4. The van der Waals surface area contributed by atoms with Gasteiger partial charge in [0, 0.05) is 29.6 Å². The fraction of sp³-hybridized carbons (Fsp3) is 0.0556. The van der Waals surface area contributed by atoms with E-state index in [1.807, 2.05) is 6.26 Å². The fourth-order valence-electron chi connectivity index (χ4n) is 2.55. The first kappa shape index (κ1) is 17.1. The molecule has 0 bridgehead atoms. The van der Waals surface area contributed by atoms with Gasteiger partial charge in [-0.25, -0.2) is 24.1 Å². The molecule has 0 spiro atoms. The number of H-pyrrole nitrogens is 1. The summed E-state index contributed by atoms with van der Waals surface area (Å²) in [6.45, 7) is 0. The van der Waals surface area contributed by atoms with E-state index in [4.69, 9.17) is 0 Å². The van der Waals surface area contributed by atoms with Gasteiger partial charge in [-0.1, -0.05) is 11.8 Å². The Bertz CT molecular complexity index is 1130. The number of benzene rings is 1. The van der Waals surface area contributed by atoms with Gasteiger partial charge < -0.3 is 0 Å². The fourth-order valence-corrected chi connectivity index (χ4v) is 2.91. The normalized spacial score (nSPS) is 10.9. The van der Waals surface area contributed by atoms with E-state index in [2.05, 4.69) is 25.3 Å². The number of thioether (sulfide) groups is 1. The number of nitrogens with zero attached hydrogens (tertiary/aromatic N) is 5. The minimum atomic E-state index is -0.325. The molecular formula is C18H13FN6OS. The van der Waals surface area contributed by atoms with Crippen molar-refractivity contribution in [3.63, 3.8) is 0 Å². The first-order chi connectivity index (χ1) is 13.1. The van der Waals surface area contributed by atoms with Gasteiger partial charge in [-0.2, -0.15) is 10.2 Å². The van der Waals surface area contributed by atoms with Crippen LogP contribution in [-0.4, -0.2) is 36.2 Å². The third-order valence-electron chi connectivity index (χ3n) is 3.82. The highest BCUT2D eigenvalue weighted by atomic mass is 32.2. The molecule has 4 aromatic rings. The first-order valence-corrected chi connectivity index (χ1v) is 9.15. The van der Waals surface area contributed by atoms with Gasteiger partial charge in [0.2, 0.25) is 0 Å². The van der Waals surface area contributed by atoms with Crippen LogP contribution < -0.4 is 5.56 Å². The van der Waals surface area contributed by atoms with Crippen LogP contribution in [0, 0.1) is 5.82 Å². The molecule has 0 aliphatic rings. The molecule has 0 aliphatic heterocycles. The third kappa shape index (κ3) is 3.49. The number of halogens is 1. The Morgan fingerprint density at radius 3 is 2.63 bits per heavy atom. The van der Waals surface area contributed by atoms with Crippen molar-refractivity contribution in [1.82, 2.24) is 29.9 Å². The van der Waals surface area contributed by atoms with Crippen molar-refractivity contribution in [2.75, 3.05) is 6.26 Å². The van der Waals surface area contributed by atoms with Gasteiger partial charge in [0.1, 0.15) is 11.5 Å². The lowest BCUT2D eigenvalue weighted by Gasteiger charge is -2.03.